The van der Waals surface area contributed by atoms with Crippen LogP contribution in [0.2, 0.25) is 0 Å². The minimum atomic E-state index is -1.15. The van der Waals surface area contributed by atoms with E-state index in [4.69, 9.17) is 0 Å². The summed E-state index contributed by atoms with van der Waals surface area (Å²) in [5, 5.41) is 18.4. The molecule has 7 heteroatoms. The number of nitrogens with zero attached hydrogens (tertiary/aromatic N) is 3. The molecule has 0 radical (unpaired) electrons. The number of rotatable bonds is 5. The number of anilines is 2. The molecular formula is C18H18N4O3. The number of aryl methyl sites for hydroxylation is 1. The number of aromatic nitrogens is 3. The minimum absolute atomic E-state index is 0.111. The van der Waals surface area contributed by atoms with Gasteiger partial charge in [0.1, 0.15) is 5.69 Å². The topological polar surface area (TPSA) is 97.1 Å². The van der Waals surface area contributed by atoms with Crippen molar-refractivity contribution < 1.29 is 9.90 Å². The first kappa shape index (κ1) is 16.6. The Morgan fingerprint density at radius 1 is 1.24 bits per heavy atom. The summed E-state index contributed by atoms with van der Waals surface area (Å²) in [5.41, 5.74) is 0.803. The van der Waals surface area contributed by atoms with Crippen LogP contribution in [0.1, 0.15) is 29.9 Å². The molecule has 3 rings (SSSR count). The monoisotopic (exact) mass is 338 g/mol. The van der Waals surface area contributed by atoms with Gasteiger partial charge in [-0.1, -0.05) is 31.2 Å². The van der Waals surface area contributed by atoms with Crippen LogP contribution in [0, 0.1) is 0 Å². The Morgan fingerprint density at radius 2 is 2.00 bits per heavy atom. The molecule has 0 fully saturated rings. The highest BCUT2D eigenvalue weighted by molar-refractivity contribution is 5.95. The Bertz CT molecular complexity index is 1010. The SMILES string of the molecule is CCc1c(C(=O)O)nn(CC)c(=O)c1Nc1cncc2ccccc12. The normalized spacial score (nSPS) is 10.8. The van der Waals surface area contributed by atoms with Gasteiger partial charge in [0.2, 0.25) is 0 Å². The van der Waals surface area contributed by atoms with Gasteiger partial charge in [0.25, 0.3) is 5.56 Å². The molecule has 0 unspecified atom stereocenters. The molecule has 128 valence electrons. The molecule has 7 nitrogen and oxygen atoms in total. The lowest BCUT2D eigenvalue weighted by atomic mass is 10.1. The number of carbonyl (C=O) groups is 1. The standard InChI is InChI=1S/C18H18N4O3/c1-3-12-15(17(23)22(4-2)21-16(12)18(24)25)20-14-10-19-9-11-7-5-6-8-13(11)14/h5-10,20H,3-4H2,1-2H3,(H,24,25). The minimum Gasteiger partial charge on any atom is -0.476 e. The predicted octanol–water partition coefficient (Wildman–Crippen LogP) is 2.82. The molecule has 0 aliphatic rings. The van der Waals surface area contributed by atoms with Crippen LogP contribution in [0.4, 0.5) is 11.4 Å². The predicted molar refractivity (Wildman–Crippen MR) is 95.5 cm³/mol. The fourth-order valence-electron chi connectivity index (χ4n) is 2.81. The van der Waals surface area contributed by atoms with Crippen LogP contribution in [-0.2, 0) is 13.0 Å². The summed E-state index contributed by atoms with van der Waals surface area (Å²) in [4.78, 5) is 28.5. The van der Waals surface area contributed by atoms with Gasteiger partial charge in [-0.05, 0) is 13.3 Å². The van der Waals surface area contributed by atoms with Gasteiger partial charge in [-0.3, -0.25) is 9.78 Å². The van der Waals surface area contributed by atoms with E-state index in [0.717, 1.165) is 15.5 Å². The largest absolute Gasteiger partial charge is 0.476 e. The first-order chi connectivity index (χ1) is 12.1. The van der Waals surface area contributed by atoms with E-state index in [-0.39, 0.29) is 23.5 Å². The van der Waals surface area contributed by atoms with Crippen LogP contribution in [0.5, 0.6) is 0 Å². The van der Waals surface area contributed by atoms with E-state index in [1.54, 1.807) is 26.2 Å². The molecule has 0 saturated heterocycles. The first-order valence-corrected chi connectivity index (χ1v) is 8.03. The summed E-state index contributed by atoms with van der Waals surface area (Å²) in [6.45, 7) is 3.83. The fourth-order valence-corrected chi connectivity index (χ4v) is 2.81. The molecule has 0 aliphatic carbocycles. The van der Waals surface area contributed by atoms with Crippen molar-refractivity contribution in [2.75, 3.05) is 5.32 Å². The van der Waals surface area contributed by atoms with E-state index in [2.05, 4.69) is 15.4 Å². The van der Waals surface area contributed by atoms with E-state index >= 15 is 0 Å². The molecular weight excluding hydrogens is 320 g/mol. The number of aromatic carboxylic acids is 1. The van der Waals surface area contributed by atoms with Crippen LogP contribution in [0.15, 0.2) is 41.5 Å². The van der Waals surface area contributed by atoms with Crippen LogP contribution in [0.3, 0.4) is 0 Å². The van der Waals surface area contributed by atoms with Crippen molar-refractivity contribution in [2.45, 2.75) is 26.8 Å². The van der Waals surface area contributed by atoms with Crippen molar-refractivity contribution in [1.29, 1.82) is 0 Å². The quantitative estimate of drug-likeness (QED) is 0.742. The summed E-state index contributed by atoms with van der Waals surface area (Å²) in [7, 11) is 0. The molecule has 0 bridgehead atoms. The maximum absolute atomic E-state index is 12.7. The molecule has 0 amide bonds. The highest BCUT2D eigenvalue weighted by Crippen LogP contribution is 2.26. The summed E-state index contributed by atoms with van der Waals surface area (Å²) in [6.07, 6.45) is 3.73. The summed E-state index contributed by atoms with van der Waals surface area (Å²) < 4.78 is 1.16. The number of carboxylic acids is 1. The average Bonchev–Trinajstić information content (AvgIpc) is 2.63. The second-order valence-corrected chi connectivity index (χ2v) is 5.51. The number of hydrogen-bond donors (Lipinski definition) is 2. The van der Waals surface area contributed by atoms with Crippen LogP contribution in [0.25, 0.3) is 10.8 Å². The van der Waals surface area contributed by atoms with E-state index < -0.39 is 5.97 Å². The zero-order chi connectivity index (χ0) is 18.0. The lowest BCUT2D eigenvalue weighted by Crippen LogP contribution is -2.29. The molecule has 2 aromatic heterocycles. The van der Waals surface area contributed by atoms with Gasteiger partial charge in [-0.25, -0.2) is 9.48 Å². The smallest absolute Gasteiger partial charge is 0.356 e. The maximum Gasteiger partial charge on any atom is 0.356 e. The second-order valence-electron chi connectivity index (χ2n) is 5.51. The van der Waals surface area contributed by atoms with Gasteiger partial charge in [0.05, 0.1) is 11.9 Å². The van der Waals surface area contributed by atoms with Crippen molar-refractivity contribution in [3.8, 4) is 0 Å². The maximum atomic E-state index is 12.7. The van der Waals surface area contributed by atoms with Crippen molar-refractivity contribution in [3.05, 3.63) is 58.3 Å². The highest BCUT2D eigenvalue weighted by atomic mass is 16.4. The molecule has 0 aliphatic heterocycles. The Balaban J connectivity index is 2.24. The van der Waals surface area contributed by atoms with Crippen molar-refractivity contribution >= 4 is 28.1 Å². The van der Waals surface area contributed by atoms with Gasteiger partial charge in [-0.15, -0.1) is 0 Å². The Hall–Kier alpha value is -3.22. The van der Waals surface area contributed by atoms with E-state index in [1.807, 2.05) is 24.3 Å². The lowest BCUT2D eigenvalue weighted by Gasteiger charge is -2.15. The van der Waals surface area contributed by atoms with Crippen molar-refractivity contribution in [3.63, 3.8) is 0 Å². The lowest BCUT2D eigenvalue weighted by molar-refractivity contribution is 0.0686. The first-order valence-electron chi connectivity index (χ1n) is 8.03. The number of nitrogens with one attached hydrogen (secondary N) is 1. The van der Waals surface area contributed by atoms with Gasteiger partial charge < -0.3 is 10.4 Å². The van der Waals surface area contributed by atoms with Crippen LogP contribution >= 0.6 is 0 Å². The van der Waals surface area contributed by atoms with Crippen molar-refractivity contribution in [1.82, 2.24) is 14.8 Å². The zero-order valence-corrected chi connectivity index (χ0v) is 14.0. The highest BCUT2D eigenvalue weighted by Gasteiger charge is 2.21. The van der Waals surface area contributed by atoms with Crippen LogP contribution in [-0.4, -0.2) is 25.8 Å². The Labute approximate surface area is 143 Å². The number of carboxylic acid groups (broad SMARTS) is 1. The number of hydrogen-bond acceptors (Lipinski definition) is 5. The number of pyridine rings is 1. The molecule has 25 heavy (non-hydrogen) atoms. The van der Waals surface area contributed by atoms with Crippen LogP contribution < -0.4 is 10.9 Å². The zero-order valence-electron chi connectivity index (χ0n) is 14.0. The number of benzene rings is 1. The third-order valence-electron chi connectivity index (χ3n) is 4.04. The molecule has 3 aromatic rings. The summed E-state index contributed by atoms with van der Waals surface area (Å²) in [5.74, 6) is -1.15. The molecule has 1 aromatic carbocycles. The Kier molecular flexibility index (Phi) is 4.47. The Morgan fingerprint density at radius 3 is 2.68 bits per heavy atom. The number of fused-ring (bicyclic) bond motifs is 1. The summed E-state index contributed by atoms with van der Waals surface area (Å²) in [6, 6.07) is 7.65. The van der Waals surface area contributed by atoms with E-state index in [9.17, 15) is 14.7 Å². The van der Waals surface area contributed by atoms with Gasteiger partial charge >= 0.3 is 5.97 Å². The van der Waals surface area contributed by atoms with Gasteiger partial charge in [-0.2, -0.15) is 5.10 Å². The third kappa shape index (κ3) is 2.96. The van der Waals surface area contributed by atoms with E-state index in [1.165, 1.54) is 0 Å². The third-order valence-corrected chi connectivity index (χ3v) is 4.04. The molecule has 0 spiro atoms. The summed E-state index contributed by atoms with van der Waals surface area (Å²) >= 11 is 0. The average molecular weight is 338 g/mol. The molecule has 2 heterocycles. The molecule has 0 atom stereocenters. The molecule has 2 N–H and O–H groups in total. The molecule has 0 saturated carbocycles. The van der Waals surface area contributed by atoms with Crippen molar-refractivity contribution in [2.24, 2.45) is 0 Å². The van der Waals surface area contributed by atoms with Gasteiger partial charge in [0.15, 0.2) is 5.69 Å². The fraction of sp³-hybridized carbons (Fsp3) is 0.222. The second kappa shape index (κ2) is 6.72. The van der Waals surface area contributed by atoms with Gasteiger partial charge in [0, 0.05) is 29.1 Å². The van der Waals surface area contributed by atoms with E-state index in [0.29, 0.717) is 17.7 Å².